The lowest BCUT2D eigenvalue weighted by Gasteiger charge is -2.26. The molecular weight excluding hydrogens is 813 g/mol. The van der Waals surface area contributed by atoms with E-state index < -0.39 is 0 Å². The lowest BCUT2D eigenvalue weighted by molar-refractivity contribution is 0.672. The standard InChI is InChI=1S/C64H42N2O/c1-3-12-43(13-4-1)45-22-24-46(25-23-45)48-26-32-52(33-27-48)65(55-36-39-63-60(42-55)58-37-30-49-16-7-8-19-56(49)64(58)67-63)54-18-11-17-50(40-54)51-31-38-62-59(41-51)57-20-9-10-21-61(57)66(62)53-34-28-47(29-35-53)44-14-5-2-6-15-44/h1-42H. The zero-order valence-electron chi connectivity index (χ0n) is 36.6. The summed E-state index contributed by atoms with van der Waals surface area (Å²) in [6.45, 7) is 0. The van der Waals surface area contributed by atoms with Crippen molar-refractivity contribution in [2.75, 3.05) is 4.90 Å². The van der Waals surface area contributed by atoms with Crippen molar-refractivity contribution >= 4 is 71.6 Å². The van der Waals surface area contributed by atoms with Crippen molar-refractivity contribution in [2.45, 2.75) is 0 Å². The first-order valence-electron chi connectivity index (χ1n) is 22.9. The Morgan fingerprint density at radius 1 is 0.284 bits per heavy atom. The molecule has 3 heteroatoms. The van der Waals surface area contributed by atoms with E-state index in [1.165, 1.54) is 60.6 Å². The number of hydrogen-bond acceptors (Lipinski definition) is 2. The number of anilines is 3. The molecule has 3 nitrogen and oxygen atoms in total. The highest BCUT2D eigenvalue weighted by Gasteiger charge is 2.19. The van der Waals surface area contributed by atoms with Crippen LogP contribution in [0, 0.1) is 0 Å². The van der Waals surface area contributed by atoms with Crippen molar-refractivity contribution in [3.63, 3.8) is 0 Å². The zero-order valence-corrected chi connectivity index (χ0v) is 36.6. The average molecular weight is 855 g/mol. The SMILES string of the molecule is c1ccc(-c2ccc(-c3ccc(N(c4cccc(-c5ccc6c(c5)c5ccccc5n6-c5ccc(-c6ccccc6)cc5)c4)c4ccc5oc6c7ccccc7ccc6c5c4)cc3)cc2)cc1. The van der Waals surface area contributed by atoms with Crippen molar-refractivity contribution in [1.29, 1.82) is 0 Å². The molecule has 0 amide bonds. The van der Waals surface area contributed by atoms with Gasteiger partial charge < -0.3 is 13.9 Å². The van der Waals surface area contributed by atoms with Gasteiger partial charge in [-0.25, -0.2) is 0 Å². The fraction of sp³-hybridized carbons (Fsp3) is 0. The van der Waals surface area contributed by atoms with Crippen LogP contribution in [0.1, 0.15) is 0 Å². The third-order valence-electron chi connectivity index (χ3n) is 13.4. The van der Waals surface area contributed by atoms with Gasteiger partial charge in [0.15, 0.2) is 0 Å². The van der Waals surface area contributed by atoms with Gasteiger partial charge in [-0.3, -0.25) is 0 Å². The maximum atomic E-state index is 6.59. The van der Waals surface area contributed by atoms with Gasteiger partial charge in [-0.15, -0.1) is 0 Å². The molecule has 0 saturated heterocycles. The quantitative estimate of drug-likeness (QED) is 0.152. The summed E-state index contributed by atoms with van der Waals surface area (Å²) in [6.07, 6.45) is 0. The van der Waals surface area contributed by atoms with Crippen molar-refractivity contribution in [3.8, 4) is 50.2 Å². The summed E-state index contributed by atoms with van der Waals surface area (Å²) < 4.78 is 8.98. The predicted molar refractivity (Wildman–Crippen MR) is 282 cm³/mol. The maximum absolute atomic E-state index is 6.59. The number of nitrogens with zero attached hydrogens (tertiary/aromatic N) is 2. The van der Waals surface area contributed by atoms with Gasteiger partial charge in [0, 0.05) is 49.7 Å². The van der Waals surface area contributed by atoms with Gasteiger partial charge >= 0.3 is 0 Å². The number of para-hydroxylation sites is 1. The highest BCUT2D eigenvalue weighted by atomic mass is 16.3. The molecule has 0 radical (unpaired) electrons. The summed E-state index contributed by atoms with van der Waals surface area (Å²) in [6, 6.07) is 91.9. The van der Waals surface area contributed by atoms with Crippen LogP contribution in [0.15, 0.2) is 259 Å². The van der Waals surface area contributed by atoms with Gasteiger partial charge in [0.2, 0.25) is 0 Å². The molecule has 13 rings (SSSR count). The summed E-state index contributed by atoms with van der Waals surface area (Å²) in [7, 11) is 0. The van der Waals surface area contributed by atoms with Crippen LogP contribution in [0.2, 0.25) is 0 Å². The molecule has 0 atom stereocenters. The largest absolute Gasteiger partial charge is 0.455 e. The summed E-state index contributed by atoms with van der Waals surface area (Å²) in [5, 5.41) is 6.94. The minimum atomic E-state index is 0.873. The van der Waals surface area contributed by atoms with E-state index in [2.05, 4.69) is 264 Å². The fourth-order valence-electron chi connectivity index (χ4n) is 10.1. The van der Waals surface area contributed by atoms with E-state index in [1.54, 1.807) is 0 Å². The third kappa shape index (κ3) is 6.76. The van der Waals surface area contributed by atoms with E-state index >= 15 is 0 Å². The number of furan rings is 1. The van der Waals surface area contributed by atoms with Crippen molar-refractivity contribution < 1.29 is 4.42 Å². The number of rotatable bonds is 8. The van der Waals surface area contributed by atoms with Gasteiger partial charge in [0.25, 0.3) is 0 Å². The van der Waals surface area contributed by atoms with E-state index in [0.29, 0.717) is 0 Å². The Kier molecular flexibility index (Phi) is 9.17. The Bertz CT molecular complexity index is 3940. The van der Waals surface area contributed by atoms with E-state index in [1.807, 2.05) is 0 Å². The summed E-state index contributed by atoms with van der Waals surface area (Å²) in [4.78, 5) is 2.37. The van der Waals surface area contributed by atoms with Crippen molar-refractivity contribution in [3.05, 3.63) is 255 Å². The van der Waals surface area contributed by atoms with E-state index in [4.69, 9.17) is 4.42 Å². The molecule has 0 aliphatic rings. The lowest BCUT2D eigenvalue weighted by atomic mass is 9.99. The summed E-state index contributed by atoms with van der Waals surface area (Å²) in [5.74, 6) is 0. The summed E-state index contributed by atoms with van der Waals surface area (Å²) >= 11 is 0. The molecule has 13 aromatic rings. The molecule has 0 unspecified atom stereocenters. The van der Waals surface area contributed by atoms with Crippen LogP contribution in [0.4, 0.5) is 17.1 Å². The second-order valence-corrected chi connectivity index (χ2v) is 17.3. The average Bonchev–Trinajstić information content (AvgIpc) is 3.95. The molecule has 0 aliphatic carbocycles. The minimum absolute atomic E-state index is 0.873. The molecule has 314 valence electrons. The zero-order chi connectivity index (χ0) is 44.3. The smallest absolute Gasteiger partial charge is 0.143 e. The number of benzene rings is 11. The van der Waals surface area contributed by atoms with Gasteiger partial charge in [0.05, 0.1) is 11.0 Å². The first kappa shape index (κ1) is 38.5. The molecule has 0 N–H and O–H groups in total. The van der Waals surface area contributed by atoms with Crippen molar-refractivity contribution in [2.24, 2.45) is 0 Å². The molecule has 2 aromatic heterocycles. The van der Waals surface area contributed by atoms with Gasteiger partial charge in [-0.05, 0) is 129 Å². The number of hydrogen-bond donors (Lipinski definition) is 0. The van der Waals surface area contributed by atoms with Gasteiger partial charge in [-0.2, -0.15) is 0 Å². The van der Waals surface area contributed by atoms with Crippen LogP contribution in [0.5, 0.6) is 0 Å². The van der Waals surface area contributed by atoms with Crippen LogP contribution in [-0.2, 0) is 0 Å². The Morgan fingerprint density at radius 2 is 0.806 bits per heavy atom. The normalized spacial score (nSPS) is 11.6. The Balaban J connectivity index is 0.911. The molecule has 0 bridgehead atoms. The molecule has 0 fully saturated rings. The van der Waals surface area contributed by atoms with Crippen LogP contribution in [-0.4, -0.2) is 4.57 Å². The lowest BCUT2D eigenvalue weighted by Crippen LogP contribution is -2.10. The van der Waals surface area contributed by atoms with Gasteiger partial charge in [-0.1, -0.05) is 176 Å². The van der Waals surface area contributed by atoms with E-state index in [9.17, 15) is 0 Å². The highest BCUT2D eigenvalue weighted by Crippen LogP contribution is 2.43. The molecule has 2 heterocycles. The number of fused-ring (bicyclic) bond motifs is 8. The van der Waals surface area contributed by atoms with Crippen LogP contribution in [0.3, 0.4) is 0 Å². The van der Waals surface area contributed by atoms with Gasteiger partial charge in [0.1, 0.15) is 11.2 Å². The Labute approximate surface area is 388 Å². The minimum Gasteiger partial charge on any atom is -0.455 e. The molecule has 0 aliphatic heterocycles. The molecule has 11 aromatic carbocycles. The topological polar surface area (TPSA) is 21.3 Å². The molecule has 67 heavy (non-hydrogen) atoms. The highest BCUT2D eigenvalue weighted by molar-refractivity contribution is 6.16. The maximum Gasteiger partial charge on any atom is 0.143 e. The fourth-order valence-corrected chi connectivity index (χ4v) is 10.1. The monoisotopic (exact) mass is 854 g/mol. The second kappa shape index (κ2) is 16.0. The third-order valence-corrected chi connectivity index (χ3v) is 13.4. The Hall–Kier alpha value is -8.92. The van der Waals surface area contributed by atoms with E-state index in [-0.39, 0.29) is 0 Å². The first-order valence-corrected chi connectivity index (χ1v) is 22.9. The van der Waals surface area contributed by atoms with Crippen LogP contribution >= 0.6 is 0 Å². The number of aromatic nitrogens is 1. The van der Waals surface area contributed by atoms with Crippen LogP contribution in [0.25, 0.3) is 105 Å². The predicted octanol–water partition coefficient (Wildman–Crippen LogP) is 18.0. The molecule has 0 saturated carbocycles. The Morgan fingerprint density at radius 3 is 1.52 bits per heavy atom. The molecule has 0 spiro atoms. The first-order chi connectivity index (χ1) is 33.2. The molecular formula is C64H42N2O. The summed E-state index contributed by atoms with van der Waals surface area (Å²) in [5.41, 5.74) is 18.0. The van der Waals surface area contributed by atoms with E-state index in [0.717, 1.165) is 61.2 Å². The van der Waals surface area contributed by atoms with Crippen LogP contribution < -0.4 is 4.90 Å². The van der Waals surface area contributed by atoms with Crippen molar-refractivity contribution in [1.82, 2.24) is 4.57 Å². The second-order valence-electron chi connectivity index (χ2n) is 17.3.